The number of hydrogen-bond donors (Lipinski definition) is 3. The summed E-state index contributed by atoms with van der Waals surface area (Å²) >= 11 is 0. The second-order valence-electron chi connectivity index (χ2n) is 6.68. The first-order chi connectivity index (χ1) is 13.1. The van der Waals surface area contributed by atoms with Crippen molar-refractivity contribution in [1.29, 1.82) is 0 Å². The Morgan fingerprint density at radius 1 is 1.19 bits per heavy atom. The van der Waals surface area contributed by atoms with Crippen LogP contribution in [0.15, 0.2) is 35.3 Å². The summed E-state index contributed by atoms with van der Waals surface area (Å²) < 4.78 is 12.1. The van der Waals surface area contributed by atoms with Crippen LogP contribution in [-0.4, -0.2) is 52.8 Å². The number of guanidine groups is 1. The van der Waals surface area contributed by atoms with Gasteiger partial charge in [-0.05, 0) is 38.3 Å². The van der Waals surface area contributed by atoms with Gasteiger partial charge in [0.15, 0.2) is 5.96 Å². The summed E-state index contributed by atoms with van der Waals surface area (Å²) in [4.78, 5) is 16.6. The van der Waals surface area contributed by atoms with Crippen molar-refractivity contribution in [2.75, 3.05) is 25.4 Å². The normalized spacial score (nSPS) is 21.3. The monoisotopic (exact) mass is 392 g/mol. The van der Waals surface area contributed by atoms with Gasteiger partial charge < -0.3 is 16.0 Å². The standard InChI is InChI=1S/C20H32N4O2S/c1-3-21-20(24-17-11-8-12-18(15-17)27(26)4-2)23-14-13-22-19(25)16-9-6-5-7-10-16/h5-7,9-10,17-18H,3-4,8,11-15H2,1-2H3,(H,22,25)(H2,21,23,24). The van der Waals surface area contributed by atoms with Crippen LogP contribution in [0.4, 0.5) is 0 Å². The summed E-state index contributed by atoms with van der Waals surface area (Å²) in [5, 5.41) is 9.91. The second-order valence-corrected chi connectivity index (χ2v) is 8.69. The van der Waals surface area contributed by atoms with Gasteiger partial charge in [-0.3, -0.25) is 14.0 Å². The Labute approximate surface area is 165 Å². The highest BCUT2D eigenvalue weighted by molar-refractivity contribution is 7.85. The van der Waals surface area contributed by atoms with Crippen molar-refractivity contribution in [1.82, 2.24) is 16.0 Å². The molecule has 2 rings (SSSR count). The number of nitrogens with zero attached hydrogens (tertiary/aromatic N) is 1. The van der Waals surface area contributed by atoms with Crippen LogP contribution in [0.5, 0.6) is 0 Å². The van der Waals surface area contributed by atoms with Gasteiger partial charge in [-0.1, -0.05) is 31.5 Å². The lowest BCUT2D eigenvalue weighted by molar-refractivity contribution is 0.0955. The molecule has 3 atom stereocenters. The number of benzene rings is 1. The number of nitrogens with one attached hydrogen (secondary N) is 3. The molecule has 3 unspecified atom stereocenters. The summed E-state index contributed by atoms with van der Waals surface area (Å²) in [7, 11) is -0.731. The third-order valence-electron chi connectivity index (χ3n) is 4.67. The van der Waals surface area contributed by atoms with Crippen LogP contribution in [0.3, 0.4) is 0 Å². The molecule has 0 saturated heterocycles. The van der Waals surface area contributed by atoms with E-state index in [1.807, 2.05) is 32.0 Å². The van der Waals surface area contributed by atoms with Crippen molar-refractivity contribution in [3.8, 4) is 0 Å². The maximum absolute atomic E-state index is 12.1. The minimum absolute atomic E-state index is 0.0825. The fourth-order valence-electron chi connectivity index (χ4n) is 3.29. The zero-order valence-corrected chi connectivity index (χ0v) is 17.2. The molecule has 0 bridgehead atoms. The van der Waals surface area contributed by atoms with E-state index in [2.05, 4.69) is 20.9 Å². The molecule has 1 aliphatic carbocycles. The van der Waals surface area contributed by atoms with Gasteiger partial charge >= 0.3 is 0 Å². The first kappa shape index (κ1) is 21.4. The van der Waals surface area contributed by atoms with Crippen LogP contribution >= 0.6 is 0 Å². The Hall–Kier alpha value is -1.89. The summed E-state index contributed by atoms with van der Waals surface area (Å²) in [6.45, 7) is 5.79. The fourth-order valence-corrected chi connectivity index (χ4v) is 4.64. The van der Waals surface area contributed by atoms with Crippen molar-refractivity contribution in [3.05, 3.63) is 35.9 Å². The van der Waals surface area contributed by atoms with Gasteiger partial charge in [0.1, 0.15) is 0 Å². The van der Waals surface area contributed by atoms with E-state index in [1.165, 1.54) is 0 Å². The van der Waals surface area contributed by atoms with Crippen molar-refractivity contribution in [2.45, 2.75) is 50.8 Å². The lowest BCUT2D eigenvalue weighted by Gasteiger charge is -2.30. The summed E-state index contributed by atoms with van der Waals surface area (Å²) in [6.07, 6.45) is 4.15. The number of amides is 1. The van der Waals surface area contributed by atoms with E-state index in [0.29, 0.717) is 24.7 Å². The highest BCUT2D eigenvalue weighted by atomic mass is 32.2. The van der Waals surface area contributed by atoms with Crippen LogP contribution in [0, 0.1) is 0 Å². The lowest BCUT2D eigenvalue weighted by atomic mass is 9.95. The fraction of sp³-hybridized carbons (Fsp3) is 0.600. The van der Waals surface area contributed by atoms with Crippen molar-refractivity contribution >= 4 is 22.7 Å². The molecule has 0 spiro atoms. The molecule has 7 heteroatoms. The first-order valence-corrected chi connectivity index (χ1v) is 11.3. The largest absolute Gasteiger partial charge is 0.357 e. The summed E-state index contributed by atoms with van der Waals surface area (Å²) in [6, 6.07) is 9.48. The number of aliphatic imine (C=N–C) groups is 1. The SMILES string of the molecule is CCNC(=NCCNC(=O)c1ccccc1)NC1CCCC(S(=O)CC)C1. The molecule has 27 heavy (non-hydrogen) atoms. The Bertz CT molecular complexity index is 636. The molecule has 1 fully saturated rings. The molecular formula is C20H32N4O2S. The van der Waals surface area contributed by atoms with Gasteiger partial charge in [0.2, 0.25) is 0 Å². The summed E-state index contributed by atoms with van der Waals surface area (Å²) in [5.74, 6) is 1.41. The van der Waals surface area contributed by atoms with Gasteiger partial charge in [0.25, 0.3) is 5.91 Å². The van der Waals surface area contributed by atoms with Gasteiger partial charge in [-0.15, -0.1) is 0 Å². The van der Waals surface area contributed by atoms with Crippen LogP contribution in [0.1, 0.15) is 49.9 Å². The van der Waals surface area contributed by atoms with Gasteiger partial charge in [-0.25, -0.2) is 0 Å². The maximum atomic E-state index is 12.1. The lowest BCUT2D eigenvalue weighted by Crippen LogP contribution is -2.47. The quantitative estimate of drug-likeness (QED) is 0.359. The van der Waals surface area contributed by atoms with E-state index in [-0.39, 0.29) is 11.2 Å². The number of carbonyl (C=O) groups excluding carboxylic acids is 1. The molecule has 1 aromatic carbocycles. The Morgan fingerprint density at radius 2 is 1.96 bits per heavy atom. The first-order valence-electron chi connectivity index (χ1n) is 9.89. The molecule has 0 aromatic heterocycles. The molecular weight excluding hydrogens is 360 g/mol. The Morgan fingerprint density at radius 3 is 2.67 bits per heavy atom. The van der Waals surface area contributed by atoms with E-state index < -0.39 is 10.8 Å². The molecule has 0 radical (unpaired) electrons. The molecule has 1 aromatic rings. The minimum Gasteiger partial charge on any atom is -0.357 e. The average Bonchev–Trinajstić information content (AvgIpc) is 2.71. The highest BCUT2D eigenvalue weighted by Crippen LogP contribution is 2.22. The van der Waals surface area contributed by atoms with Crippen molar-refractivity contribution in [3.63, 3.8) is 0 Å². The van der Waals surface area contributed by atoms with Gasteiger partial charge in [0, 0.05) is 46.5 Å². The van der Waals surface area contributed by atoms with E-state index in [4.69, 9.17) is 0 Å². The van der Waals surface area contributed by atoms with Crippen molar-refractivity contribution < 1.29 is 9.00 Å². The molecule has 1 amide bonds. The molecule has 0 heterocycles. The molecule has 1 saturated carbocycles. The Kier molecular flexibility index (Phi) is 9.31. The smallest absolute Gasteiger partial charge is 0.251 e. The minimum atomic E-state index is -0.731. The maximum Gasteiger partial charge on any atom is 0.251 e. The van der Waals surface area contributed by atoms with E-state index in [1.54, 1.807) is 12.1 Å². The van der Waals surface area contributed by atoms with E-state index in [0.717, 1.165) is 43.9 Å². The molecule has 0 aliphatic heterocycles. The van der Waals surface area contributed by atoms with Gasteiger partial charge in [0.05, 0.1) is 6.54 Å². The number of carbonyl (C=O) groups is 1. The third kappa shape index (κ3) is 7.33. The topological polar surface area (TPSA) is 82.6 Å². The van der Waals surface area contributed by atoms with Crippen LogP contribution < -0.4 is 16.0 Å². The molecule has 150 valence electrons. The Balaban J connectivity index is 1.81. The predicted molar refractivity (Wildman–Crippen MR) is 113 cm³/mol. The summed E-state index contributed by atoms with van der Waals surface area (Å²) in [5.41, 5.74) is 0.656. The third-order valence-corrected chi connectivity index (χ3v) is 6.41. The van der Waals surface area contributed by atoms with Crippen LogP contribution in [-0.2, 0) is 10.8 Å². The molecule has 6 nitrogen and oxygen atoms in total. The zero-order valence-electron chi connectivity index (χ0n) is 16.4. The van der Waals surface area contributed by atoms with Crippen LogP contribution in [0.2, 0.25) is 0 Å². The molecule has 3 N–H and O–H groups in total. The number of rotatable bonds is 8. The zero-order chi connectivity index (χ0) is 19.5. The van der Waals surface area contributed by atoms with E-state index in [9.17, 15) is 9.00 Å². The predicted octanol–water partition coefficient (Wildman–Crippen LogP) is 2.05. The number of hydrogen-bond acceptors (Lipinski definition) is 3. The highest BCUT2D eigenvalue weighted by Gasteiger charge is 2.25. The second kappa shape index (κ2) is 11.7. The van der Waals surface area contributed by atoms with E-state index >= 15 is 0 Å². The molecule has 1 aliphatic rings. The van der Waals surface area contributed by atoms with Gasteiger partial charge in [-0.2, -0.15) is 0 Å². The van der Waals surface area contributed by atoms with Crippen LogP contribution in [0.25, 0.3) is 0 Å². The average molecular weight is 393 g/mol. The van der Waals surface area contributed by atoms with Crippen molar-refractivity contribution in [2.24, 2.45) is 4.99 Å².